The molecule has 0 aliphatic heterocycles. The molecule has 17 heavy (non-hydrogen) atoms. The van der Waals surface area contributed by atoms with E-state index >= 15 is 0 Å². The summed E-state index contributed by atoms with van der Waals surface area (Å²) >= 11 is 1.50. The maximum absolute atomic E-state index is 5.40. The molecule has 1 aromatic rings. The highest BCUT2D eigenvalue weighted by Crippen LogP contribution is 2.41. The molecule has 2 rings (SSSR count). The minimum Gasteiger partial charge on any atom is -0.365 e. The van der Waals surface area contributed by atoms with E-state index in [2.05, 4.69) is 34.6 Å². The van der Waals surface area contributed by atoms with Gasteiger partial charge >= 0.3 is 0 Å². The van der Waals surface area contributed by atoms with Crippen LogP contribution in [0.3, 0.4) is 0 Å². The van der Waals surface area contributed by atoms with E-state index in [1.807, 2.05) is 12.3 Å². The fourth-order valence-corrected chi connectivity index (χ4v) is 2.27. The third-order valence-corrected chi connectivity index (χ3v) is 3.63. The molecule has 94 valence electrons. The SMILES string of the molecule is CSc1nc(NN)cc(NC(C)(C)C2CC2)n1. The number of nitrogens with two attached hydrogens (primary N) is 1. The zero-order valence-electron chi connectivity index (χ0n) is 10.4. The molecule has 0 amide bonds. The van der Waals surface area contributed by atoms with Gasteiger partial charge in [0.15, 0.2) is 5.16 Å². The molecule has 1 heterocycles. The number of nitrogen functional groups attached to an aromatic ring is 1. The summed E-state index contributed by atoms with van der Waals surface area (Å²) in [5.74, 6) is 7.61. The predicted molar refractivity (Wildman–Crippen MR) is 72.0 cm³/mol. The van der Waals surface area contributed by atoms with E-state index in [0.29, 0.717) is 5.82 Å². The van der Waals surface area contributed by atoms with Gasteiger partial charge in [-0.1, -0.05) is 11.8 Å². The lowest BCUT2D eigenvalue weighted by atomic mass is 9.99. The second-order valence-corrected chi connectivity index (χ2v) is 5.66. The van der Waals surface area contributed by atoms with Gasteiger partial charge in [-0.15, -0.1) is 0 Å². The summed E-state index contributed by atoms with van der Waals surface area (Å²) in [5, 5.41) is 4.19. The Bertz CT molecular complexity index is 381. The summed E-state index contributed by atoms with van der Waals surface area (Å²) in [6, 6.07) is 1.84. The molecule has 1 fully saturated rings. The average Bonchev–Trinajstić information content (AvgIpc) is 3.11. The lowest BCUT2D eigenvalue weighted by Gasteiger charge is -2.27. The molecule has 0 unspecified atom stereocenters. The van der Waals surface area contributed by atoms with E-state index in [-0.39, 0.29) is 5.54 Å². The van der Waals surface area contributed by atoms with Gasteiger partial charge in [-0.2, -0.15) is 0 Å². The van der Waals surface area contributed by atoms with Crippen LogP contribution < -0.4 is 16.6 Å². The van der Waals surface area contributed by atoms with E-state index < -0.39 is 0 Å². The normalized spacial score (nSPS) is 15.8. The van der Waals surface area contributed by atoms with Crippen molar-refractivity contribution in [3.8, 4) is 0 Å². The van der Waals surface area contributed by atoms with Gasteiger partial charge in [0.25, 0.3) is 0 Å². The number of hydrogen-bond acceptors (Lipinski definition) is 6. The molecule has 0 bridgehead atoms. The first kappa shape index (κ1) is 12.4. The van der Waals surface area contributed by atoms with Gasteiger partial charge in [0.2, 0.25) is 0 Å². The summed E-state index contributed by atoms with van der Waals surface area (Å²) in [6.07, 6.45) is 4.54. The van der Waals surface area contributed by atoms with E-state index in [0.717, 1.165) is 16.9 Å². The molecule has 0 radical (unpaired) electrons. The third-order valence-electron chi connectivity index (χ3n) is 3.08. The predicted octanol–water partition coefficient (Wildman–Crippen LogP) is 2.08. The first-order valence-electron chi connectivity index (χ1n) is 5.73. The molecule has 0 spiro atoms. The first-order valence-corrected chi connectivity index (χ1v) is 6.95. The molecule has 0 atom stereocenters. The van der Waals surface area contributed by atoms with Crippen LogP contribution in [-0.2, 0) is 0 Å². The summed E-state index contributed by atoms with van der Waals surface area (Å²) in [7, 11) is 0. The Morgan fingerprint density at radius 2 is 2.00 bits per heavy atom. The second-order valence-electron chi connectivity index (χ2n) is 4.89. The highest BCUT2D eigenvalue weighted by Gasteiger charge is 2.37. The molecule has 6 heteroatoms. The largest absolute Gasteiger partial charge is 0.365 e. The number of nitrogens with zero attached hydrogens (tertiary/aromatic N) is 2. The molecule has 0 saturated heterocycles. The average molecular weight is 253 g/mol. The van der Waals surface area contributed by atoms with Gasteiger partial charge in [0.05, 0.1) is 0 Å². The number of aromatic nitrogens is 2. The van der Waals surface area contributed by atoms with Gasteiger partial charge in [-0.3, -0.25) is 0 Å². The Labute approximate surface area is 106 Å². The molecule has 1 aromatic heterocycles. The number of rotatable bonds is 5. The summed E-state index contributed by atoms with van der Waals surface area (Å²) in [4.78, 5) is 8.68. The van der Waals surface area contributed by atoms with Crippen molar-refractivity contribution in [3.63, 3.8) is 0 Å². The van der Waals surface area contributed by atoms with Crippen molar-refractivity contribution < 1.29 is 0 Å². The van der Waals surface area contributed by atoms with Crippen LogP contribution in [0.25, 0.3) is 0 Å². The van der Waals surface area contributed by atoms with Crippen LogP contribution in [0.1, 0.15) is 26.7 Å². The summed E-state index contributed by atoms with van der Waals surface area (Å²) in [5.41, 5.74) is 2.65. The molecule has 1 aliphatic rings. The first-order chi connectivity index (χ1) is 8.05. The van der Waals surface area contributed by atoms with Crippen LogP contribution in [0.4, 0.5) is 11.6 Å². The Kier molecular flexibility index (Phi) is 3.44. The molecular formula is C11H19N5S. The van der Waals surface area contributed by atoms with E-state index in [1.165, 1.54) is 24.6 Å². The van der Waals surface area contributed by atoms with E-state index in [4.69, 9.17) is 5.84 Å². The zero-order valence-corrected chi connectivity index (χ0v) is 11.3. The third kappa shape index (κ3) is 3.01. The lowest BCUT2D eigenvalue weighted by Crippen LogP contribution is -2.33. The number of hydrazine groups is 1. The molecule has 1 aliphatic carbocycles. The van der Waals surface area contributed by atoms with Crippen LogP contribution >= 0.6 is 11.8 Å². The van der Waals surface area contributed by atoms with Crippen molar-refractivity contribution in [1.82, 2.24) is 9.97 Å². The minimum atomic E-state index is 0.0793. The van der Waals surface area contributed by atoms with Crippen molar-refractivity contribution in [2.24, 2.45) is 11.8 Å². The van der Waals surface area contributed by atoms with Crippen LogP contribution in [-0.4, -0.2) is 21.8 Å². The van der Waals surface area contributed by atoms with Gasteiger partial charge in [0.1, 0.15) is 11.6 Å². The van der Waals surface area contributed by atoms with Crippen molar-refractivity contribution in [2.75, 3.05) is 17.0 Å². The van der Waals surface area contributed by atoms with Gasteiger partial charge in [-0.25, -0.2) is 15.8 Å². The molecule has 1 saturated carbocycles. The van der Waals surface area contributed by atoms with E-state index in [9.17, 15) is 0 Å². The van der Waals surface area contributed by atoms with E-state index in [1.54, 1.807) is 0 Å². The Morgan fingerprint density at radius 1 is 1.35 bits per heavy atom. The Morgan fingerprint density at radius 3 is 2.53 bits per heavy atom. The number of thioether (sulfide) groups is 1. The van der Waals surface area contributed by atoms with Crippen LogP contribution in [0.5, 0.6) is 0 Å². The van der Waals surface area contributed by atoms with Gasteiger partial charge < -0.3 is 10.7 Å². The van der Waals surface area contributed by atoms with Crippen molar-refractivity contribution in [2.45, 2.75) is 37.4 Å². The van der Waals surface area contributed by atoms with Crippen molar-refractivity contribution in [3.05, 3.63) is 6.07 Å². The van der Waals surface area contributed by atoms with Crippen molar-refractivity contribution in [1.29, 1.82) is 0 Å². The lowest BCUT2D eigenvalue weighted by molar-refractivity contribution is 0.492. The molecule has 4 N–H and O–H groups in total. The highest BCUT2D eigenvalue weighted by molar-refractivity contribution is 7.98. The molecular weight excluding hydrogens is 234 g/mol. The second kappa shape index (κ2) is 4.70. The monoisotopic (exact) mass is 253 g/mol. The van der Waals surface area contributed by atoms with Crippen LogP contribution in [0.15, 0.2) is 11.2 Å². The Balaban J connectivity index is 2.19. The van der Waals surface area contributed by atoms with Gasteiger partial charge in [-0.05, 0) is 38.9 Å². The molecule has 0 aromatic carbocycles. The number of hydrogen-bond donors (Lipinski definition) is 3. The quantitative estimate of drug-likeness (QED) is 0.323. The summed E-state index contributed by atoms with van der Waals surface area (Å²) < 4.78 is 0. The minimum absolute atomic E-state index is 0.0793. The number of anilines is 2. The standard InChI is InChI=1S/C11H19N5S/c1-11(2,7-4-5-7)15-8-6-9(16-12)14-10(13-8)17-3/h6-7H,4-5,12H2,1-3H3,(H2,13,14,15,16). The number of nitrogens with one attached hydrogen (secondary N) is 2. The maximum atomic E-state index is 5.40. The van der Waals surface area contributed by atoms with Crippen LogP contribution in [0, 0.1) is 5.92 Å². The fourth-order valence-electron chi connectivity index (χ4n) is 1.89. The highest BCUT2D eigenvalue weighted by atomic mass is 32.2. The summed E-state index contributed by atoms with van der Waals surface area (Å²) in [6.45, 7) is 4.42. The fraction of sp³-hybridized carbons (Fsp3) is 0.636. The maximum Gasteiger partial charge on any atom is 0.191 e. The van der Waals surface area contributed by atoms with Gasteiger partial charge in [0, 0.05) is 11.6 Å². The smallest absolute Gasteiger partial charge is 0.191 e. The van der Waals surface area contributed by atoms with Crippen molar-refractivity contribution >= 4 is 23.4 Å². The topological polar surface area (TPSA) is 75.9 Å². The zero-order chi connectivity index (χ0) is 12.5. The molecule has 5 nitrogen and oxygen atoms in total. The Hall–Kier alpha value is -1.01. The van der Waals surface area contributed by atoms with Crippen LogP contribution in [0.2, 0.25) is 0 Å².